The van der Waals surface area contributed by atoms with Gasteiger partial charge in [0.25, 0.3) is 0 Å². The molecule has 4 nitrogen and oxygen atoms in total. The average molecular weight is 319 g/mol. The number of hydrogen-bond donors (Lipinski definition) is 2. The van der Waals surface area contributed by atoms with Gasteiger partial charge in [0.2, 0.25) is 0 Å². The molecule has 0 radical (unpaired) electrons. The largest absolute Gasteiger partial charge is 0.468 e. The number of methoxy groups -OCH3 is 1. The topological polar surface area (TPSA) is 78.3 Å². The number of benzene rings is 1. The van der Waals surface area contributed by atoms with Crippen molar-refractivity contribution in [2.45, 2.75) is 6.92 Å². The summed E-state index contributed by atoms with van der Waals surface area (Å²) in [6, 6.07) is 5.58. The normalized spacial score (nSPS) is 12.0. The van der Waals surface area contributed by atoms with Crippen LogP contribution in [0.3, 0.4) is 0 Å². The minimum absolute atomic E-state index is 0.153. The molecule has 0 fully saturated rings. The van der Waals surface area contributed by atoms with Gasteiger partial charge in [-0.25, -0.2) is 0 Å². The molecule has 1 aromatic rings. The summed E-state index contributed by atoms with van der Waals surface area (Å²) in [5.41, 5.74) is 8.27. The molecule has 0 aliphatic heterocycles. The predicted octanol–water partition coefficient (Wildman–Crippen LogP) is 2.75. The molecule has 0 atom stereocenters. The van der Waals surface area contributed by atoms with Crippen LogP contribution in [0.2, 0.25) is 5.02 Å². The summed E-state index contributed by atoms with van der Waals surface area (Å²) >= 11 is 8.37. The molecule has 0 saturated carbocycles. The van der Waals surface area contributed by atoms with Crippen molar-refractivity contribution in [2.24, 2.45) is 10.9 Å². The fourth-order valence-electron chi connectivity index (χ4n) is 1.31. The van der Waals surface area contributed by atoms with Crippen molar-refractivity contribution >= 4 is 47.0 Å². The molecule has 0 bridgehead atoms. The van der Waals surface area contributed by atoms with Crippen LogP contribution in [0.25, 0.3) is 5.70 Å². The van der Waals surface area contributed by atoms with Gasteiger partial charge in [-0.05, 0) is 30.5 Å². The summed E-state index contributed by atoms with van der Waals surface area (Å²) in [6.07, 6.45) is 0. The highest BCUT2D eigenvalue weighted by Crippen LogP contribution is 2.33. The zero-order chi connectivity index (χ0) is 14.4. The number of nitrogens with two attached hydrogens (primary N) is 2. The highest BCUT2D eigenvalue weighted by atomic mass is 35.5. The van der Waals surface area contributed by atoms with Crippen LogP contribution in [-0.4, -0.2) is 18.8 Å². The molecule has 0 amide bonds. The molecule has 0 unspecified atom stereocenters. The fourth-order valence-corrected chi connectivity index (χ4v) is 2.96. The van der Waals surface area contributed by atoms with Crippen molar-refractivity contribution in [2.75, 3.05) is 12.9 Å². The van der Waals surface area contributed by atoms with E-state index < -0.39 is 0 Å². The maximum atomic E-state index is 11.1. The van der Waals surface area contributed by atoms with Crippen molar-refractivity contribution in [3.8, 4) is 0 Å². The number of ether oxygens (including phenoxy) is 1. The second-order valence-corrected chi connectivity index (χ2v) is 5.96. The number of aryl methyl sites for hydroxylation is 1. The lowest BCUT2D eigenvalue weighted by Crippen LogP contribution is -2.06. The molecule has 1 rings (SSSR count). The van der Waals surface area contributed by atoms with Crippen LogP contribution >= 0.6 is 35.3 Å². The summed E-state index contributed by atoms with van der Waals surface area (Å²) in [6.45, 7) is 1.94. The highest BCUT2D eigenvalue weighted by Gasteiger charge is 2.12. The molecule has 0 aliphatic carbocycles. The van der Waals surface area contributed by atoms with E-state index in [0.29, 0.717) is 20.5 Å². The number of thioether (sulfide) groups is 1. The van der Waals surface area contributed by atoms with Crippen LogP contribution in [0.1, 0.15) is 11.1 Å². The maximum absolute atomic E-state index is 11.1. The van der Waals surface area contributed by atoms with Gasteiger partial charge in [0, 0.05) is 5.56 Å². The Hall–Kier alpha value is -0.820. The smallest absolute Gasteiger partial charge is 0.316 e. The molecule has 0 aliphatic rings. The maximum Gasteiger partial charge on any atom is 0.316 e. The van der Waals surface area contributed by atoms with Gasteiger partial charge in [-0.1, -0.05) is 23.7 Å². The van der Waals surface area contributed by atoms with Gasteiger partial charge < -0.3 is 10.5 Å². The number of halogens is 1. The Balaban J connectivity index is 2.99. The molecule has 0 heterocycles. The van der Waals surface area contributed by atoms with Gasteiger partial charge >= 0.3 is 5.97 Å². The first-order chi connectivity index (χ1) is 8.99. The summed E-state index contributed by atoms with van der Waals surface area (Å²) in [7, 11) is 1.34. The van der Waals surface area contributed by atoms with Gasteiger partial charge in [0.05, 0.1) is 27.8 Å². The van der Waals surface area contributed by atoms with Crippen LogP contribution < -0.4 is 10.9 Å². The van der Waals surface area contributed by atoms with E-state index in [1.54, 1.807) is 0 Å². The minimum atomic E-state index is -0.334. The van der Waals surface area contributed by atoms with Gasteiger partial charge in [0.1, 0.15) is 0 Å². The molecule has 19 heavy (non-hydrogen) atoms. The summed E-state index contributed by atoms with van der Waals surface area (Å²) in [5.74, 6) is -0.181. The third kappa shape index (κ3) is 4.65. The summed E-state index contributed by atoms with van der Waals surface area (Å²) in [5, 5.41) is 6.14. The molecule has 0 saturated heterocycles. The van der Waals surface area contributed by atoms with E-state index in [1.807, 2.05) is 25.1 Å². The van der Waals surface area contributed by atoms with E-state index in [1.165, 1.54) is 18.9 Å². The van der Waals surface area contributed by atoms with Crippen LogP contribution in [0.5, 0.6) is 0 Å². The van der Waals surface area contributed by atoms with Crippen molar-refractivity contribution in [1.82, 2.24) is 0 Å². The Bertz CT molecular complexity index is 507. The van der Waals surface area contributed by atoms with E-state index in [0.717, 1.165) is 17.5 Å². The quantitative estimate of drug-likeness (QED) is 0.642. The number of hydrogen-bond acceptors (Lipinski definition) is 6. The first-order valence-corrected chi connectivity index (χ1v) is 7.56. The predicted molar refractivity (Wildman–Crippen MR) is 83.5 cm³/mol. The third-order valence-corrected chi connectivity index (χ3v) is 4.54. The molecule has 104 valence electrons. The van der Waals surface area contributed by atoms with E-state index in [2.05, 4.69) is 4.74 Å². The van der Waals surface area contributed by atoms with Gasteiger partial charge in [-0.3, -0.25) is 9.93 Å². The second kappa shape index (κ2) is 7.69. The van der Waals surface area contributed by atoms with Gasteiger partial charge in [0.15, 0.2) is 0 Å². The second-order valence-electron chi connectivity index (χ2n) is 3.67. The lowest BCUT2D eigenvalue weighted by atomic mass is 10.1. The molecule has 0 spiro atoms. The number of carbonyl (C=O) groups is 1. The summed E-state index contributed by atoms with van der Waals surface area (Å²) < 4.78 is 5.21. The minimum Gasteiger partial charge on any atom is -0.468 e. The Labute approximate surface area is 126 Å². The molecule has 0 aromatic heterocycles. The van der Waals surface area contributed by atoms with Gasteiger partial charge in [-0.15, -0.1) is 11.8 Å². The monoisotopic (exact) mass is 318 g/mol. The molecule has 4 N–H and O–H groups in total. The van der Waals surface area contributed by atoms with E-state index in [9.17, 15) is 4.79 Å². The molecule has 7 heteroatoms. The Morgan fingerprint density at radius 1 is 1.47 bits per heavy atom. The Morgan fingerprint density at radius 3 is 2.68 bits per heavy atom. The van der Waals surface area contributed by atoms with E-state index in [4.69, 9.17) is 22.5 Å². The number of esters is 1. The average Bonchev–Trinajstić information content (AvgIpc) is 2.38. The van der Waals surface area contributed by atoms with Crippen LogP contribution in [0, 0.1) is 6.92 Å². The first kappa shape index (κ1) is 16.2. The summed E-state index contributed by atoms with van der Waals surface area (Å²) in [4.78, 5) is 11.1. The van der Waals surface area contributed by atoms with Crippen molar-refractivity contribution in [3.63, 3.8) is 0 Å². The Morgan fingerprint density at radius 2 is 2.16 bits per heavy atom. The Kier molecular flexibility index (Phi) is 6.57. The number of carbonyl (C=O) groups excluding carboxylic acids is 1. The van der Waals surface area contributed by atoms with Crippen LogP contribution in [0.4, 0.5) is 0 Å². The van der Waals surface area contributed by atoms with Crippen molar-refractivity contribution in [3.05, 3.63) is 38.6 Å². The van der Waals surface area contributed by atoms with Crippen LogP contribution in [-0.2, 0) is 9.53 Å². The molecular formula is C12H15ClN2O2S2. The van der Waals surface area contributed by atoms with Crippen LogP contribution in [0.15, 0.2) is 22.4 Å². The third-order valence-electron chi connectivity index (χ3n) is 2.29. The molecular weight excluding hydrogens is 304 g/mol. The van der Waals surface area contributed by atoms with Gasteiger partial charge in [-0.2, -0.15) is 0 Å². The lowest BCUT2D eigenvalue weighted by Gasteiger charge is -2.10. The molecule has 1 aromatic carbocycles. The fraction of sp³-hybridized carbons (Fsp3) is 0.250. The zero-order valence-electron chi connectivity index (χ0n) is 10.6. The lowest BCUT2D eigenvalue weighted by molar-refractivity contribution is -0.137. The first-order valence-electron chi connectivity index (χ1n) is 5.32. The standard InChI is InChI=1S/C12H15ClN2O2S2/c1-7-3-4-8(9(13)5-7)11(14)12(19-15)18-6-10(16)17-2/h3-5H,6,14-15H2,1-2H3/b12-11-. The van der Waals surface area contributed by atoms with Crippen molar-refractivity contribution in [1.29, 1.82) is 0 Å². The zero-order valence-corrected chi connectivity index (χ0v) is 13.0. The van der Waals surface area contributed by atoms with Crippen molar-refractivity contribution < 1.29 is 9.53 Å². The SMILES string of the molecule is COC(=O)CS/C(SN)=C(/N)c1ccc(C)cc1Cl. The van der Waals surface area contributed by atoms with E-state index >= 15 is 0 Å². The number of rotatable bonds is 5. The highest BCUT2D eigenvalue weighted by molar-refractivity contribution is 8.21. The van der Waals surface area contributed by atoms with E-state index in [-0.39, 0.29) is 11.7 Å².